The number of rotatable bonds is 6. The number of hydrogen-bond donors (Lipinski definition) is 0. The quantitative estimate of drug-likeness (QED) is 0.589. The first-order valence-electron chi connectivity index (χ1n) is 11.4. The number of methoxy groups -OCH3 is 1. The minimum absolute atomic E-state index is 0.0335. The maximum Gasteiger partial charge on any atom is 0.343 e. The molecule has 0 N–H and O–H groups in total. The van der Waals surface area contributed by atoms with Crippen molar-refractivity contribution in [3.05, 3.63) is 44.1 Å². The predicted molar refractivity (Wildman–Crippen MR) is 123 cm³/mol. The van der Waals surface area contributed by atoms with Crippen molar-refractivity contribution in [2.24, 2.45) is 7.05 Å². The van der Waals surface area contributed by atoms with Gasteiger partial charge in [0, 0.05) is 63.6 Å². The summed E-state index contributed by atoms with van der Waals surface area (Å²) in [6, 6.07) is 1.40. The van der Waals surface area contributed by atoms with Gasteiger partial charge in [-0.15, -0.1) is 0 Å². The molecule has 1 fully saturated rings. The van der Waals surface area contributed by atoms with Crippen molar-refractivity contribution in [3.63, 3.8) is 0 Å². The molecule has 0 bridgehead atoms. The highest BCUT2D eigenvalue weighted by molar-refractivity contribution is 6.30. The van der Waals surface area contributed by atoms with Crippen LogP contribution in [0.1, 0.15) is 46.6 Å². The third-order valence-electron chi connectivity index (χ3n) is 6.43. The average Bonchev–Trinajstić information content (AvgIpc) is 2.96. The standard InChI is InChI=1S/C23H31ClN4O5/c1-15-17(22(24)26(2)25-15)13-27-8-7-18-21(23(30)31-3)19(12-20(29)28(18)10-9-27)33-14-16-6-4-5-11-32-16/h12,16H,4-11,13-14H2,1-3H3/t16-/m0/s1. The van der Waals surface area contributed by atoms with Crippen LogP contribution in [0.4, 0.5) is 0 Å². The number of hydrogen-bond acceptors (Lipinski definition) is 7. The lowest BCUT2D eigenvalue weighted by atomic mass is 10.1. The van der Waals surface area contributed by atoms with E-state index in [4.69, 9.17) is 25.8 Å². The van der Waals surface area contributed by atoms with Crippen LogP contribution >= 0.6 is 11.6 Å². The Morgan fingerprint density at radius 1 is 1.30 bits per heavy atom. The van der Waals surface area contributed by atoms with Crippen molar-refractivity contribution in [1.29, 1.82) is 0 Å². The second-order valence-electron chi connectivity index (χ2n) is 8.62. The van der Waals surface area contributed by atoms with Gasteiger partial charge in [-0.2, -0.15) is 5.10 Å². The summed E-state index contributed by atoms with van der Waals surface area (Å²) >= 11 is 6.42. The van der Waals surface area contributed by atoms with Crippen molar-refractivity contribution in [2.45, 2.75) is 51.8 Å². The number of ether oxygens (including phenoxy) is 3. The molecule has 0 spiro atoms. The van der Waals surface area contributed by atoms with Gasteiger partial charge in [0.1, 0.15) is 23.1 Å². The molecule has 2 aliphatic heterocycles. The van der Waals surface area contributed by atoms with Gasteiger partial charge in [0.05, 0.1) is 18.9 Å². The molecule has 0 unspecified atom stereocenters. The van der Waals surface area contributed by atoms with E-state index < -0.39 is 5.97 Å². The molecule has 0 saturated carbocycles. The molecule has 0 radical (unpaired) electrons. The van der Waals surface area contributed by atoms with Gasteiger partial charge in [-0.25, -0.2) is 4.79 Å². The van der Waals surface area contributed by atoms with Crippen molar-refractivity contribution >= 4 is 17.6 Å². The van der Waals surface area contributed by atoms with E-state index in [0.29, 0.717) is 62.2 Å². The molecule has 1 atom stereocenters. The number of fused-ring (bicyclic) bond motifs is 1. The lowest BCUT2D eigenvalue weighted by Crippen LogP contribution is -2.30. The summed E-state index contributed by atoms with van der Waals surface area (Å²) in [6.45, 7) is 5.34. The van der Waals surface area contributed by atoms with Crippen LogP contribution in [0, 0.1) is 6.92 Å². The highest BCUT2D eigenvalue weighted by Crippen LogP contribution is 2.26. The number of halogens is 1. The summed E-state index contributed by atoms with van der Waals surface area (Å²) in [5, 5.41) is 5.00. The molecular weight excluding hydrogens is 448 g/mol. The van der Waals surface area contributed by atoms with E-state index in [0.717, 1.165) is 30.5 Å². The predicted octanol–water partition coefficient (Wildman–Crippen LogP) is 2.34. The summed E-state index contributed by atoms with van der Waals surface area (Å²) in [5.74, 6) is -0.232. The largest absolute Gasteiger partial charge is 0.490 e. The van der Waals surface area contributed by atoms with E-state index >= 15 is 0 Å². The monoisotopic (exact) mass is 478 g/mol. The van der Waals surface area contributed by atoms with Crippen LogP contribution in [-0.2, 0) is 36.0 Å². The van der Waals surface area contributed by atoms with Crippen LogP contribution in [0.25, 0.3) is 0 Å². The molecule has 2 aromatic heterocycles. The molecule has 2 aliphatic rings. The smallest absolute Gasteiger partial charge is 0.343 e. The lowest BCUT2D eigenvalue weighted by molar-refractivity contribution is -0.0114. The zero-order valence-corrected chi connectivity index (χ0v) is 20.2. The SMILES string of the molecule is COC(=O)c1c(OC[C@@H]2CCCCO2)cc(=O)n2c1CCN(Cc1c(C)nn(C)c1Cl)CC2. The van der Waals surface area contributed by atoms with Crippen LogP contribution < -0.4 is 10.3 Å². The van der Waals surface area contributed by atoms with Crippen LogP contribution in [0.5, 0.6) is 5.75 Å². The van der Waals surface area contributed by atoms with Gasteiger partial charge in [0.15, 0.2) is 0 Å². The Hall–Kier alpha value is -2.36. The molecule has 0 aromatic carbocycles. The fourth-order valence-electron chi connectivity index (χ4n) is 4.59. The normalized spacial score (nSPS) is 19.1. The highest BCUT2D eigenvalue weighted by atomic mass is 35.5. The summed E-state index contributed by atoms with van der Waals surface area (Å²) in [5.41, 5.74) is 2.64. The van der Waals surface area contributed by atoms with Crippen molar-refractivity contribution in [1.82, 2.24) is 19.2 Å². The fraction of sp³-hybridized carbons (Fsp3) is 0.609. The molecule has 33 heavy (non-hydrogen) atoms. The van der Waals surface area contributed by atoms with Gasteiger partial charge in [0.25, 0.3) is 5.56 Å². The Morgan fingerprint density at radius 2 is 2.12 bits per heavy atom. The molecule has 10 heteroatoms. The number of esters is 1. The molecule has 180 valence electrons. The Morgan fingerprint density at radius 3 is 2.79 bits per heavy atom. The Labute approximate surface area is 198 Å². The summed E-state index contributed by atoms with van der Waals surface area (Å²) in [4.78, 5) is 28.0. The zero-order chi connectivity index (χ0) is 23.5. The van der Waals surface area contributed by atoms with E-state index in [9.17, 15) is 9.59 Å². The van der Waals surface area contributed by atoms with E-state index in [-0.39, 0.29) is 17.4 Å². The minimum Gasteiger partial charge on any atom is -0.490 e. The molecule has 4 heterocycles. The Bertz CT molecular complexity index is 1070. The van der Waals surface area contributed by atoms with E-state index in [1.54, 1.807) is 9.25 Å². The number of carbonyl (C=O) groups excluding carboxylic acids is 1. The Kier molecular flexibility index (Phi) is 7.41. The maximum absolute atomic E-state index is 13.0. The first kappa shape index (κ1) is 23.8. The second-order valence-corrected chi connectivity index (χ2v) is 8.97. The van der Waals surface area contributed by atoms with Crippen LogP contribution in [0.3, 0.4) is 0 Å². The first-order chi connectivity index (χ1) is 15.9. The second kappa shape index (κ2) is 10.3. The summed E-state index contributed by atoms with van der Waals surface area (Å²) < 4.78 is 20.1. The molecule has 0 aliphatic carbocycles. The van der Waals surface area contributed by atoms with E-state index in [1.165, 1.54) is 13.2 Å². The van der Waals surface area contributed by atoms with Crippen LogP contribution in [0.2, 0.25) is 5.15 Å². The van der Waals surface area contributed by atoms with Gasteiger partial charge in [0.2, 0.25) is 0 Å². The number of carbonyl (C=O) groups is 1. The average molecular weight is 479 g/mol. The van der Waals surface area contributed by atoms with E-state index in [1.807, 2.05) is 14.0 Å². The van der Waals surface area contributed by atoms with Gasteiger partial charge in [-0.3, -0.25) is 14.4 Å². The summed E-state index contributed by atoms with van der Waals surface area (Å²) in [6.07, 6.45) is 3.51. The number of nitrogens with zero attached hydrogens (tertiary/aromatic N) is 4. The van der Waals surface area contributed by atoms with Gasteiger partial charge < -0.3 is 18.8 Å². The molecule has 4 rings (SSSR count). The number of pyridine rings is 1. The molecular formula is C23H31ClN4O5. The molecule has 1 saturated heterocycles. The van der Waals surface area contributed by atoms with Crippen molar-refractivity contribution in [3.8, 4) is 5.75 Å². The minimum atomic E-state index is -0.502. The van der Waals surface area contributed by atoms with Crippen LogP contribution in [-0.4, -0.2) is 64.7 Å². The van der Waals surface area contributed by atoms with Crippen molar-refractivity contribution in [2.75, 3.05) is 33.4 Å². The molecule has 9 nitrogen and oxygen atoms in total. The highest BCUT2D eigenvalue weighted by Gasteiger charge is 2.27. The van der Waals surface area contributed by atoms with Gasteiger partial charge in [-0.1, -0.05) is 11.6 Å². The van der Waals surface area contributed by atoms with Gasteiger partial charge >= 0.3 is 5.97 Å². The number of aromatic nitrogens is 3. The third kappa shape index (κ3) is 5.10. The zero-order valence-electron chi connectivity index (χ0n) is 19.4. The fourth-order valence-corrected chi connectivity index (χ4v) is 4.82. The topological polar surface area (TPSA) is 87.8 Å². The van der Waals surface area contributed by atoms with Crippen molar-refractivity contribution < 1.29 is 19.0 Å². The lowest BCUT2D eigenvalue weighted by Gasteiger charge is -2.24. The van der Waals surface area contributed by atoms with E-state index in [2.05, 4.69) is 10.00 Å². The third-order valence-corrected chi connectivity index (χ3v) is 6.90. The number of aryl methyl sites for hydroxylation is 2. The van der Waals surface area contributed by atoms with Gasteiger partial charge in [-0.05, 0) is 26.2 Å². The van der Waals surface area contributed by atoms with Crippen LogP contribution in [0.15, 0.2) is 10.9 Å². The maximum atomic E-state index is 13.0. The Balaban J connectivity index is 1.58. The molecule has 2 aromatic rings. The first-order valence-corrected chi connectivity index (χ1v) is 11.8. The summed E-state index contributed by atoms with van der Waals surface area (Å²) in [7, 11) is 3.16. The molecule has 0 amide bonds.